The predicted molar refractivity (Wildman–Crippen MR) is 76.4 cm³/mol. The number of amides is 2. The van der Waals surface area contributed by atoms with E-state index in [0.29, 0.717) is 32.5 Å². The molecule has 2 atom stereocenters. The van der Waals surface area contributed by atoms with Crippen molar-refractivity contribution >= 4 is 12.0 Å². The third-order valence-electron chi connectivity index (χ3n) is 4.86. The van der Waals surface area contributed by atoms with Crippen LogP contribution in [-0.4, -0.2) is 41.6 Å². The largest absolute Gasteiger partial charge is 0.481 e. The van der Waals surface area contributed by atoms with Crippen molar-refractivity contribution in [2.24, 2.45) is 16.7 Å². The van der Waals surface area contributed by atoms with Crippen LogP contribution in [0.3, 0.4) is 0 Å². The third kappa shape index (κ3) is 2.97. The first kappa shape index (κ1) is 15.6. The van der Waals surface area contributed by atoms with Gasteiger partial charge in [0.15, 0.2) is 0 Å². The molecule has 2 fully saturated rings. The van der Waals surface area contributed by atoms with Crippen molar-refractivity contribution in [1.29, 1.82) is 5.26 Å². The predicted octanol–water partition coefficient (Wildman–Crippen LogP) is 1.82. The first-order valence-electron chi connectivity index (χ1n) is 7.44. The summed E-state index contributed by atoms with van der Waals surface area (Å²) in [6.45, 7) is 5.09. The van der Waals surface area contributed by atoms with Gasteiger partial charge in [-0.1, -0.05) is 20.3 Å². The van der Waals surface area contributed by atoms with E-state index in [9.17, 15) is 14.7 Å². The van der Waals surface area contributed by atoms with Crippen molar-refractivity contribution in [3.8, 4) is 6.07 Å². The molecular formula is C15H23N3O3. The van der Waals surface area contributed by atoms with Crippen molar-refractivity contribution in [1.82, 2.24) is 10.2 Å². The highest BCUT2D eigenvalue weighted by atomic mass is 16.4. The molecule has 116 valence electrons. The Labute approximate surface area is 125 Å². The second-order valence-electron chi connectivity index (χ2n) is 7.09. The molecule has 1 aliphatic heterocycles. The number of nitrogens with one attached hydrogen (secondary N) is 1. The molecule has 1 aliphatic carbocycles. The van der Waals surface area contributed by atoms with E-state index in [1.807, 2.05) is 13.8 Å². The number of hydrogen-bond donors (Lipinski definition) is 2. The van der Waals surface area contributed by atoms with Gasteiger partial charge in [-0.05, 0) is 24.2 Å². The Bertz CT molecular complexity index is 483. The standard InChI is InChI=1S/C15H23N3O3/c1-14(2,6-7-16)9-17-13(21)18-8-11-4-3-5-15(11,10-18)12(19)20/h11H,3-6,8-10H2,1-2H3,(H,17,21)(H,19,20)/t11-,15+/m0/s1. The van der Waals surface area contributed by atoms with Crippen LogP contribution in [0.25, 0.3) is 0 Å². The molecule has 2 aliphatic rings. The summed E-state index contributed by atoms with van der Waals surface area (Å²) < 4.78 is 0. The molecule has 2 N–H and O–H groups in total. The molecule has 21 heavy (non-hydrogen) atoms. The molecular weight excluding hydrogens is 270 g/mol. The van der Waals surface area contributed by atoms with Gasteiger partial charge in [0.1, 0.15) is 0 Å². The number of carbonyl (C=O) groups excluding carboxylic acids is 1. The Morgan fingerprint density at radius 1 is 1.52 bits per heavy atom. The molecule has 0 aromatic carbocycles. The summed E-state index contributed by atoms with van der Waals surface area (Å²) in [6, 6.07) is 1.90. The quantitative estimate of drug-likeness (QED) is 0.826. The van der Waals surface area contributed by atoms with Crippen LogP contribution >= 0.6 is 0 Å². The van der Waals surface area contributed by atoms with Gasteiger partial charge in [-0.15, -0.1) is 0 Å². The zero-order valence-electron chi connectivity index (χ0n) is 12.7. The number of rotatable bonds is 4. The van der Waals surface area contributed by atoms with Gasteiger partial charge in [0, 0.05) is 26.1 Å². The summed E-state index contributed by atoms with van der Waals surface area (Å²) in [5.41, 5.74) is -1.01. The molecule has 2 amide bonds. The minimum Gasteiger partial charge on any atom is -0.481 e. The van der Waals surface area contributed by atoms with Crippen LogP contribution in [-0.2, 0) is 4.79 Å². The summed E-state index contributed by atoms with van der Waals surface area (Å²) >= 11 is 0. The molecule has 0 aromatic heterocycles. The number of nitriles is 1. The highest BCUT2D eigenvalue weighted by Crippen LogP contribution is 2.48. The molecule has 6 nitrogen and oxygen atoms in total. The van der Waals surface area contributed by atoms with Crippen molar-refractivity contribution in [3.63, 3.8) is 0 Å². The molecule has 0 spiro atoms. The lowest BCUT2D eigenvalue weighted by atomic mass is 9.81. The lowest BCUT2D eigenvalue weighted by Gasteiger charge is -2.26. The van der Waals surface area contributed by atoms with Crippen molar-refractivity contribution < 1.29 is 14.7 Å². The smallest absolute Gasteiger partial charge is 0.317 e. The van der Waals surface area contributed by atoms with Crippen LogP contribution < -0.4 is 5.32 Å². The van der Waals surface area contributed by atoms with E-state index in [2.05, 4.69) is 11.4 Å². The minimum atomic E-state index is -0.773. The molecule has 6 heteroatoms. The summed E-state index contributed by atoms with van der Waals surface area (Å²) in [6.07, 6.45) is 2.85. The number of hydrogen-bond acceptors (Lipinski definition) is 3. The number of carboxylic acids is 1. The number of carboxylic acid groups (broad SMARTS) is 1. The number of aliphatic carboxylic acids is 1. The van der Waals surface area contributed by atoms with E-state index in [0.717, 1.165) is 12.8 Å². The van der Waals surface area contributed by atoms with Gasteiger partial charge in [-0.2, -0.15) is 5.26 Å². The summed E-state index contributed by atoms with van der Waals surface area (Å²) in [4.78, 5) is 25.4. The second-order valence-corrected chi connectivity index (χ2v) is 7.09. The van der Waals surface area contributed by atoms with Crippen molar-refractivity contribution in [2.75, 3.05) is 19.6 Å². The zero-order chi connectivity index (χ0) is 15.7. The Balaban J connectivity index is 1.94. The average molecular weight is 293 g/mol. The minimum absolute atomic E-state index is 0.0767. The lowest BCUT2D eigenvalue weighted by Crippen LogP contribution is -2.44. The van der Waals surface area contributed by atoms with Gasteiger partial charge in [0.05, 0.1) is 11.5 Å². The van der Waals surface area contributed by atoms with Crippen molar-refractivity contribution in [3.05, 3.63) is 0 Å². The van der Waals surface area contributed by atoms with Gasteiger partial charge in [-0.3, -0.25) is 4.79 Å². The van der Waals surface area contributed by atoms with E-state index < -0.39 is 11.4 Å². The molecule has 0 unspecified atom stereocenters. The van der Waals surface area contributed by atoms with E-state index in [1.165, 1.54) is 0 Å². The van der Waals surface area contributed by atoms with E-state index in [4.69, 9.17) is 5.26 Å². The number of likely N-dealkylation sites (tertiary alicyclic amines) is 1. The maximum Gasteiger partial charge on any atom is 0.317 e. The molecule has 0 bridgehead atoms. The number of fused-ring (bicyclic) bond motifs is 1. The second kappa shape index (κ2) is 5.55. The molecule has 1 saturated heterocycles. The van der Waals surface area contributed by atoms with Crippen LogP contribution in [0.15, 0.2) is 0 Å². The van der Waals surface area contributed by atoms with E-state index in [1.54, 1.807) is 4.90 Å². The Morgan fingerprint density at radius 3 is 2.81 bits per heavy atom. The molecule has 1 heterocycles. The topological polar surface area (TPSA) is 93.4 Å². The first-order valence-corrected chi connectivity index (χ1v) is 7.44. The van der Waals surface area contributed by atoms with E-state index >= 15 is 0 Å². The first-order chi connectivity index (χ1) is 9.81. The third-order valence-corrected chi connectivity index (χ3v) is 4.86. The summed E-state index contributed by atoms with van der Waals surface area (Å²) in [5, 5.41) is 21.1. The van der Waals surface area contributed by atoms with E-state index in [-0.39, 0.29) is 17.4 Å². The van der Waals surface area contributed by atoms with Crippen molar-refractivity contribution in [2.45, 2.75) is 39.5 Å². The molecule has 0 aromatic rings. The maximum atomic E-state index is 12.2. The molecule has 1 saturated carbocycles. The zero-order valence-corrected chi connectivity index (χ0v) is 12.7. The van der Waals surface area contributed by atoms with Gasteiger partial charge in [0.2, 0.25) is 0 Å². The van der Waals surface area contributed by atoms with Crippen LogP contribution in [0.4, 0.5) is 4.79 Å². The maximum absolute atomic E-state index is 12.2. The Morgan fingerprint density at radius 2 is 2.24 bits per heavy atom. The lowest BCUT2D eigenvalue weighted by molar-refractivity contribution is -0.149. The molecule has 2 rings (SSSR count). The highest BCUT2D eigenvalue weighted by Gasteiger charge is 2.55. The SMILES string of the molecule is CC(C)(CC#N)CNC(=O)N1C[C@@H]2CCC[C@@]2(C(=O)O)C1. The van der Waals surface area contributed by atoms with Gasteiger partial charge < -0.3 is 15.3 Å². The van der Waals surface area contributed by atoms with Crippen LogP contribution in [0.1, 0.15) is 39.5 Å². The summed E-state index contributed by atoms with van der Waals surface area (Å²) in [5.74, 6) is -0.696. The number of carbonyl (C=O) groups is 2. The average Bonchev–Trinajstić information content (AvgIpc) is 2.93. The highest BCUT2D eigenvalue weighted by molar-refractivity contribution is 5.80. The monoisotopic (exact) mass is 293 g/mol. The number of nitrogens with zero attached hydrogens (tertiary/aromatic N) is 2. The fourth-order valence-electron chi connectivity index (χ4n) is 3.50. The fourth-order valence-corrected chi connectivity index (χ4v) is 3.50. The fraction of sp³-hybridized carbons (Fsp3) is 0.800. The number of urea groups is 1. The van der Waals surface area contributed by atoms with Gasteiger partial charge in [-0.25, -0.2) is 4.79 Å². The van der Waals surface area contributed by atoms with Crippen LogP contribution in [0, 0.1) is 28.1 Å². The Kier molecular flexibility index (Phi) is 4.13. The van der Waals surface area contributed by atoms with Gasteiger partial charge in [0.25, 0.3) is 0 Å². The normalized spacial score (nSPS) is 28.0. The van der Waals surface area contributed by atoms with Crippen LogP contribution in [0.5, 0.6) is 0 Å². The summed E-state index contributed by atoms with van der Waals surface area (Å²) in [7, 11) is 0. The van der Waals surface area contributed by atoms with Crippen LogP contribution in [0.2, 0.25) is 0 Å². The van der Waals surface area contributed by atoms with Gasteiger partial charge >= 0.3 is 12.0 Å². The Hall–Kier alpha value is -1.77. The molecule has 0 radical (unpaired) electrons.